The topological polar surface area (TPSA) is 37.3 Å². The number of hydrogen-bond acceptors (Lipinski definition) is 3. The van der Waals surface area contributed by atoms with E-state index < -0.39 is 0 Å². The lowest BCUT2D eigenvalue weighted by Gasteiger charge is -2.09. The van der Waals surface area contributed by atoms with Gasteiger partial charge in [-0.2, -0.15) is 5.10 Å². The number of aromatic nitrogens is 1. The fraction of sp³-hybridized carbons (Fsp3) is 0. The minimum Gasteiger partial charge on any atom is -0.277 e. The number of halogens is 1. The summed E-state index contributed by atoms with van der Waals surface area (Å²) in [5.74, 6) is -0.299. The van der Waals surface area contributed by atoms with E-state index in [0.717, 1.165) is 27.5 Å². The lowest BCUT2D eigenvalue weighted by molar-refractivity contribution is 0.626. The lowest BCUT2D eigenvalue weighted by atomic mass is 10.1. The fourth-order valence-electron chi connectivity index (χ4n) is 2.71. The second-order valence-corrected chi connectivity index (χ2v) is 5.41. The smallest absolute Gasteiger partial charge is 0.132 e. The van der Waals surface area contributed by atoms with Crippen molar-refractivity contribution in [2.45, 2.75) is 0 Å². The maximum absolute atomic E-state index is 13.7. The summed E-state index contributed by atoms with van der Waals surface area (Å²) in [5, 5.41) is 6.18. The van der Waals surface area contributed by atoms with E-state index in [9.17, 15) is 4.39 Å². The van der Waals surface area contributed by atoms with Crippen LogP contribution in [0.15, 0.2) is 77.9 Å². The molecule has 0 bridgehead atoms. The molecule has 0 fully saturated rings. The van der Waals surface area contributed by atoms with Gasteiger partial charge in [-0.05, 0) is 18.2 Å². The Hall–Kier alpha value is -3.27. The zero-order chi connectivity index (χ0) is 16.4. The summed E-state index contributed by atoms with van der Waals surface area (Å²) in [7, 11) is 0. The third kappa shape index (κ3) is 2.58. The van der Waals surface area contributed by atoms with Gasteiger partial charge in [0.15, 0.2) is 0 Å². The first-order valence-electron chi connectivity index (χ1n) is 7.64. The van der Waals surface area contributed by atoms with E-state index in [-0.39, 0.29) is 5.82 Å². The summed E-state index contributed by atoms with van der Waals surface area (Å²) in [6, 6.07) is 22.3. The van der Waals surface area contributed by atoms with Crippen molar-refractivity contribution in [1.29, 1.82) is 0 Å². The summed E-state index contributed by atoms with van der Waals surface area (Å²) in [5.41, 5.74) is 6.15. The van der Waals surface area contributed by atoms with Crippen LogP contribution in [0.4, 0.5) is 10.1 Å². The largest absolute Gasteiger partial charge is 0.277 e. The van der Waals surface area contributed by atoms with Crippen LogP contribution >= 0.6 is 0 Å². The highest BCUT2D eigenvalue weighted by atomic mass is 19.1. The van der Waals surface area contributed by atoms with Crippen molar-refractivity contribution in [2.75, 3.05) is 5.43 Å². The Morgan fingerprint density at radius 1 is 0.792 bits per heavy atom. The molecule has 0 aliphatic heterocycles. The number of rotatable bonds is 3. The SMILES string of the molecule is Fc1ccccc1C=NNc1c2ccccc2nc2ccccc12. The van der Waals surface area contributed by atoms with Crippen molar-refractivity contribution in [3.05, 3.63) is 84.2 Å². The standard InChI is InChI=1S/C20H14FN3/c21-17-10-4-1-7-14(17)13-22-24-20-15-8-2-5-11-18(15)23-19-12-6-3-9-16(19)20/h1-13H,(H,23,24). The van der Waals surface area contributed by atoms with E-state index in [1.165, 1.54) is 12.3 Å². The Morgan fingerprint density at radius 3 is 2.04 bits per heavy atom. The predicted molar refractivity (Wildman–Crippen MR) is 96.9 cm³/mol. The summed E-state index contributed by atoms with van der Waals surface area (Å²) < 4.78 is 13.7. The van der Waals surface area contributed by atoms with E-state index in [1.54, 1.807) is 18.2 Å². The van der Waals surface area contributed by atoms with E-state index in [2.05, 4.69) is 15.5 Å². The first kappa shape index (κ1) is 14.3. The average Bonchev–Trinajstić information content (AvgIpc) is 2.62. The van der Waals surface area contributed by atoms with Gasteiger partial charge in [-0.3, -0.25) is 5.43 Å². The number of pyridine rings is 1. The molecule has 1 heterocycles. The van der Waals surface area contributed by atoms with Gasteiger partial charge in [-0.15, -0.1) is 0 Å². The quantitative estimate of drug-likeness (QED) is 0.329. The number of hydrogen-bond donors (Lipinski definition) is 1. The molecular formula is C20H14FN3. The van der Waals surface area contributed by atoms with Crippen molar-refractivity contribution >= 4 is 33.7 Å². The molecule has 3 nitrogen and oxygen atoms in total. The second-order valence-electron chi connectivity index (χ2n) is 5.41. The fourth-order valence-corrected chi connectivity index (χ4v) is 2.71. The van der Waals surface area contributed by atoms with Crippen LogP contribution in [0, 0.1) is 5.82 Å². The first-order chi connectivity index (χ1) is 11.8. The Kier molecular flexibility index (Phi) is 3.63. The van der Waals surface area contributed by atoms with E-state index in [1.807, 2.05) is 48.5 Å². The molecule has 0 aliphatic carbocycles. The Balaban J connectivity index is 1.81. The van der Waals surface area contributed by atoms with Gasteiger partial charge in [-0.1, -0.05) is 54.6 Å². The molecule has 116 valence electrons. The lowest BCUT2D eigenvalue weighted by Crippen LogP contribution is -1.96. The number of anilines is 1. The van der Waals surface area contributed by atoms with Gasteiger partial charge in [0.1, 0.15) is 5.82 Å². The summed E-state index contributed by atoms with van der Waals surface area (Å²) in [6.45, 7) is 0. The molecule has 0 saturated heterocycles. The third-order valence-electron chi connectivity index (χ3n) is 3.87. The van der Waals surface area contributed by atoms with Crippen molar-refractivity contribution in [3.63, 3.8) is 0 Å². The Labute approximate surface area is 138 Å². The zero-order valence-corrected chi connectivity index (χ0v) is 12.8. The van der Waals surface area contributed by atoms with Crippen LogP contribution in [0.5, 0.6) is 0 Å². The van der Waals surface area contributed by atoms with Crippen LogP contribution in [0.2, 0.25) is 0 Å². The molecule has 0 radical (unpaired) electrons. The van der Waals surface area contributed by atoms with Crippen LogP contribution in [0.1, 0.15) is 5.56 Å². The van der Waals surface area contributed by atoms with Gasteiger partial charge in [0.05, 0.1) is 22.9 Å². The number of hydrazone groups is 1. The van der Waals surface area contributed by atoms with Crippen molar-refractivity contribution in [2.24, 2.45) is 5.10 Å². The molecule has 0 aliphatic rings. The minimum atomic E-state index is -0.299. The molecule has 24 heavy (non-hydrogen) atoms. The molecule has 4 aromatic rings. The van der Waals surface area contributed by atoms with Crippen molar-refractivity contribution in [3.8, 4) is 0 Å². The second kappa shape index (κ2) is 6.08. The van der Waals surface area contributed by atoms with Crippen molar-refractivity contribution < 1.29 is 4.39 Å². The van der Waals surface area contributed by atoms with Crippen LogP contribution in [-0.4, -0.2) is 11.2 Å². The molecule has 1 aromatic heterocycles. The van der Waals surface area contributed by atoms with Crippen LogP contribution in [-0.2, 0) is 0 Å². The maximum Gasteiger partial charge on any atom is 0.132 e. The summed E-state index contributed by atoms with van der Waals surface area (Å²) in [6.07, 6.45) is 1.49. The van der Waals surface area contributed by atoms with Gasteiger partial charge in [0, 0.05) is 16.3 Å². The number of nitrogens with one attached hydrogen (secondary N) is 1. The number of nitrogens with zero attached hydrogens (tertiary/aromatic N) is 2. The summed E-state index contributed by atoms with van der Waals surface area (Å²) >= 11 is 0. The van der Waals surface area contributed by atoms with E-state index in [0.29, 0.717) is 5.56 Å². The number of benzene rings is 3. The number of fused-ring (bicyclic) bond motifs is 2. The summed E-state index contributed by atoms with van der Waals surface area (Å²) in [4.78, 5) is 4.67. The van der Waals surface area contributed by atoms with Gasteiger partial charge in [-0.25, -0.2) is 9.37 Å². The van der Waals surface area contributed by atoms with E-state index in [4.69, 9.17) is 0 Å². The first-order valence-corrected chi connectivity index (χ1v) is 7.64. The van der Waals surface area contributed by atoms with Gasteiger partial charge in [0.25, 0.3) is 0 Å². The van der Waals surface area contributed by atoms with Gasteiger partial charge in [0.2, 0.25) is 0 Å². The number of para-hydroxylation sites is 2. The minimum absolute atomic E-state index is 0.299. The van der Waals surface area contributed by atoms with Gasteiger partial charge >= 0.3 is 0 Å². The molecule has 3 aromatic carbocycles. The normalized spacial score (nSPS) is 11.4. The van der Waals surface area contributed by atoms with Crippen LogP contribution in [0.25, 0.3) is 21.8 Å². The molecule has 0 amide bonds. The van der Waals surface area contributed by atoms with E-state index >= 15 is 0 Å². The predicted octanol–water partition coefficient (Wildman–Crippen LogP) is 4.97. The van der Waals surface area contributed by atoms with Gasteiger partial charge < -0.3 is 0 Å². The third-order valence-corrected chi connectivity index (χ3v) is 3.87. The van der Waals surface area contributed by atoms with Crippen LogP contribution < -0.4 is 5.43 Å². The highest BCUT2D eigenvalue weighted by molar-refractivity contribution is 6.07. The molecule has 0 saturated carbocycles. The monoisotopic (exact) mass is 315 g/mol. The zero-order valence-electron chi connectivity index (χ0n) is 12.8. The molecule has 0 atom stereocenters. The molecule has 1 N–H and O–H groups in total. The highest BCUT2D eigenvalue weighted by Crippen LogP contribution is 2.30. The molecular weight excluding hydrogens is 301 g/mol. The average molecular weight is 315 g/mol. The maximum atomic E-state index is 13.7. The van der Waals surface area contributed by atoms with Crippen molar-refractivity contribution in [1.82, 2.24) is 4.98 Å². The molecule has 4 rings (SSSR count). The Morgan fingerprint density at radius 2 is 1.38 bits per heavy atom. The van der Waals surface area contributed by atoms with Crippen LogP contribution in [0.3, 0.4) is 0 Å². The molecule has 4 heteroatoms. The molecule has 0 unspecified atom stereocenters. The molecule has 0 spiro atoms. The Bertz CT molecular complexity index is 1000. The highest BCUT2D eigenvalue weighted by Gasteiger charge is 2.07.